The van der Waals surface area contributed by atoms with Gasteiger partial charge in [0.15, 0.2) is 0 Å². The highest BCUT2D eigenvalue weighted by atomic mass is 16.1. The van der Waals surface area contributed by atoms with Crippen molar-refractivity contribution in [3.8, 4) is 0 Å². The van der Waals surface area contributed by atoms with Crippen LogP contribution < -0.4 is 10.2 Å². The van der Waals surface area contributed by atoms with Crippen LogP contribution in [0, 0.1) is 5.92 Å². The monoisotopic (exact) mass is 315 g/mol. The van der Waals surface area contributed by atoms with E-state index in [2.05, 4.69) is 45.4 Å². The molecule has 0 bridgehead atoms. The van der Waals surface area contributed by atoms with E-state index in [4.69, 9.17) is 0 Å². The molecule has 0 unspecified atom stereocenters. The van der Waals surface area contributed by atoms with Crippen LogP contribution in [-0.2, 0) is 4.79 Å². The Morgan fingerprint density at radius 1 is 1.00 bits per heavy atom. The van der Waals surface area contributed by atoms with E-state index in [1.54, 1.807) is 0 Å². The molecule has 1 N–H and O–H groups in total. The molecule has 2 aliphatic rings. The Balaban J connectivity index is 1.34. The summed E-state index contributed by atoms with van der Waals surface area (Å²) in [4.78, 5) is 17.0. The van der Waals surface area contributed by atoms with Crippen molar-refractivity contribution >= 4 is 11.6 Å². The molecule has 1 amide bonds. The standard InChI is InChI=1S/C19H29N3O/c23-19(17-7-3-1-4-8-17)20-11-12-21-13-15-22(16-14-21)18-9-5-2-6-10-18/h2,5-6,9-10,17H,1,3-4,7-8,11-16H2,(H,20,23). The highest BCUT2D eigenvalue weighted by Crippen LogP contribution is 2.23. The van der Waals surface area contributed by atoms with E-state index in [-0.39, 0.29) is 11.8 Å². The molecular formula is C19H29N3O. The fourth-order valence-corrected chi connectivity index (χ4v) is 3.71. The molecule has 1 aromatic rings. The lowest BCUT2D eigenvalue weighted by molar-refractivity contribution is -0.125. The summed E-state index contributed by atoms with van der Waals surface area (Å²) < 4.78 is 0. The second kappa shape index (κ2) is 8.34. The van der Waals surface area contributed by atoms with E-state index in [1.165, 1.54) is 24.9 Å². The third-order valence-electron chi connectivity index (χ3n) is 5.20. The number of hydrogen-bond acceptors (Lipinski definition) is 3. The summed E-state index contributed by atoms with van der Waals surface area (Å²) in [5.74, 6) is 0.561. The predicted octanol–water partition coefficient (Wildman–Crippen LogP) is 2.51. The molecule has 0 spiro atoms. The molecule has 0 atom stereocenters. The third kappa shape index (κ3) is 4.71. The average Bonchev–Trinajstić information content (AvgIpc) is 2.64. The van der Waals surface area contributed by atoms with Gasteiger partial charge in [0.1, 0.15) is 0 Å². The lowest BCUT2D eigenvalue weighted by Gasteiger charge is -2.36. The van der Waals surface area contributed by atoms with Crippen LogP contribution in [0.1, 0.15) is 32.1 Å². The number of rotatable bonds is 5. The maximum atomic E-state index is 12.1. The Morgan fingerprint density at radius 3 is 2.39 bits per heavy atom. The molecule has 1 aliphatic heterocycles. The Kier molecular flexibility index (Phi) is 5.92. The van der Waals surface area contributed by atoms with Gasteiger partial charge in [0.25, 0.3) is 0 Å². The van der Waals surface area contributed by atoms with E-state index in [9.17, 15) is 4.79 Å². The van der Waals surface area contributed by atoms with Crippen LogP contribution in [0.2, 0.25) is 0 Å². The molecule has 1 heterocycles. The zero-order chi connectivity index (χ0) is 15.9. The molecule has 2 fully saturated rings. The van der Waals surface area contributed by atoms with Crippen molar-refractivity contribution in [2.75, 3.05) is 44.2 Å². The first-order valence-electron chi connectivity index (χ1n) is 9.13. The Bertz CT molecular complexity index is 477. The number of hydrogen-bond donors (Lipinski definition) is 1. The first-order valence-corrected chi connectivity index (χ1v) is 9.13. The zero-order valence-electron chi connectivity index (χ0n) is 14.0. The lowest BCUT2D eigenvalue weighted by Crippen LogP contribution is -2.48. The number of piperazine rings is 1. The number of nitrogens with zero attached hydrogens (tertiary/aromatic N) is 2. The van der Waals surface area contributed by atoms with Crippen LogP contribution in [-0.4, -0.2) is 50.1 Å². The molecule has 0 aromatic heterocycles. The molecule has 4 heteroatoms. The fraction of sp³-hybridized carbons (Fsp3) is 0.632. The summed E-state index contributed by atoms with van der Waals surface area (Å²) in [5, 5.41) is 3.15. The minimum Gasteiger partial charge on any atom is -0.369 e. The van der Waals surface area contributed by atoms with E-state index < -0.39 is 0 Å². The van der Waals surface area contributed by atoms with Gasteiger partial charge in [0, 0.05) is 50.9 Å². The highest BCUT2D eigenvalue weighted by molar-refractivity contribution is 5.78. The van der Waals surface area contributed by atoms with Gasteiger partial charge in [-0.1, -0.05) is 37.5 Å². The Labute approximate surface area is 139 Å². The van der Waals surface area contributed by atoms with Crippen LogP contribution in [0.15, 0.2) is 30.3 Å². The number of carbonyl (C=O) groups excluding carboxylic acids is 1. The fourth-order valence-electron chi connectivity index (χ4n) is 3.71. The summed E-state index contributed by atoms with van der Waals surface area (Å²) in [6, 6.07) is 10.6. The third-order valence-corrected chi connectivity index (χ3v) is 5.20. The Hall–Kier alpha value is -1.55. The van der Waals surface area contributed by atoms with Gasteiger partial charge in [-0.05, 0) is 25.0 Å². The maximum absolute atomic E-state index is 12.1. The van der Waals surface area contributed by atoms with E-state index >= 15 is 0 Å². The smallest absolute Gasteiger partial charge is 0.223 e. The molecule has 1 saturated carbocycles. The molecule has 1 aliphatic carbocycles. The summed E-state index contributed by atoms with van der Waals surface area (Å²) in [7, 11) is 0. The van der Waals surface area contributed by atoms with E-state index in [0.29, 0.717) is 0 Å². The quantitative estimate of drug-likeness (QED) is 0.907. The van der Waals surface area contributed by atoms with E-state index in [0.717, 1.165) is 52.1 Å². The molecular weight excluding hydrogens is 286 g/mol. The minimum absolute atomic E-state index is 0.277. The highest BCUT2D eigenvalue weighted by Gasteiger charge is 2.21. The number of benzene rings is 1. The van der Waals surface area contributed by atoms with Gasteiger partial charge in [-0.25, -0.2) is 0 Å². The molecule has 1 aromatic carbocycles. The summed E-state index contributed by atoms with van der Waals surface area (Å²) >= 11 is 0. The minimum atomic E-state index is 0.277. The van der Waals surface area contributed by atoms with Gasteiger partial charge in [-0.2, -0.15) is 0 Å². The number of para-hydroxylation sites is 1. The van der Waals surface area contributed by atoms with Gasteiger partial charge in [0.2, 0.25) is 5.91 Å². The molecule has 3 rings (SSSR count). The average molecular weight is 315 g/mol. The van der Waals surface area contributed by atoms with Crippen molar-refractivity contribution in [2.45, 2.75) is 32.1 Å². The first kappa shape index (κ1) is 16.3. The van der Waals surface area contributed by atoms with Crippen molar-refractivity contribution in [1.29, 1.82) is 0 Å². The summed E-state index contributed by atoms with van der Waals surface area (Å²) in [5.41, 5.74) is 1.32. The molecule has 23 heavy (non-hydrogen) atoms. The summed E-state index contributed by atoms with van der Waals surface area (Å²) in [6.07, 6.45) is 5.91. The second-order valence-electron chi connectivity index (χ2n) is 6.79. The summed E-state index contributed by atoms with van der Waals surface area (Å²) in [6.45, 7) is 6.06. The number of amides is 1. The number of carbonyl (C=O) groups is 1. The van der Waals surface area contributed by atoms with E-state index in [1.807, 2.05) is 0 Å². The van der Waals surface area contributed by atoms with Crippen LogP contribution in [0.3, 0.4) is 0 Å². The van der Waals surface area contributed by atoms with Crippen molar-refractivity contribution in [3.05, 3.63) is 30.3 Å². The van der Waals surface area contributed by atoms with Gasteiger partial charge < -0.3 is 10.2 Å². The first-order chi connectivity index (χ1) is 11.3. The molecule has 4 nitrogen and oxygen atoms in total. The SMILES string of the molecule is O=C(NCCN1CCN(c2ccccc2)CC1)C1CCCCC1. The van der Waals surface area contributed by atoms with Crippen molar-refractivity contribution in [1.82, 2.24) is 10.2 Å². The van der Waals surface area contributed by atoms with Gasteiger partial charge in [0.05, 0.1) is 0 Å². The van der Waals surface area contributed by atoms with Gasteiger partial charge in [-0.15, -0.1) is 0 Å². The molecule has 1 saturated heterocycles. The number of anilines is 1. The Morgan fingerprint density at radius 2 is 1.70 bits per heavy atom. The van der Waals surface area contributed by atoms with Crippen molar-refractivity contribution in [3.63, 3.8) is 0 Å². The van der Waals surface area contributed by atoms with Gasteiger partial charge >= 0.3 is 0 Å². The number of nitrogens with one attached hydrogen (secondary N) is 1. The lowest BCUT2D eigenvalue weighted by atomic mass is 9.89. The van der Waals surface area contributed by atoms with Crippen LogP contribution >= 0.6 is 0 Å². The largest absolute Gasteiger partial charge is 0.369 e. The topological polar surface area (TPSA) is 35.6 Å². The normalized spacial score (nSPS) is 20.4. The van der Waals surface area contributed by atoms with Gasteiger partial charge in [-0.3, -0.25) is 9.69 Å². The van der Waals surface area contributed by atoms with Crippen molar-refractivity contribution < 1.29 is 4.79 Å². The van der Waals surface area contributed by atoms with Crippen LogP contribution in [0.25, 0.3) is 0 Å². The van der Waals surface area contributed by atoms with Crippen LogP contribution in [0.5, 0.6) is 0 Å². The molecule has 0 radical (unpaired) electrons. The predicted molar refractivity (Wildman–Crippen MR) is 94.7 cm³/mol. The molecule has 126 valence electrons. The maximum Gasteiger partial charge on any atom is 0.223 e. The second-order valence-corrected chi connectivity index (χ2v) is 6.79. The zero-order valence-corrected chi connectivity index (χ0v) is 14.0. The van der Waals surface area contributed by atoms with Crippen molar-refractivity contribution in [2.24, 2.45) is 5.92 Å². The van der Waals surface area contributed by atoms with Crippen LogP contribution in [0.4, 0.5) is 5.69 Å².